The largest absolute Gasteiger partial charge is 0.493 e. The fourth-order valence-corrected chi connectivity index (χ4v) is 3.31. The highest BCUT2D eigenvalue weighted by Gasteiger charge is 2.27. The summed E-state index contributed by atoms with van der Waals surface area (Å²) in [5.41, 5.74) is 1.73. The van der Waals surface area contributed by atoms with Gasteiger partial charge in [-0.3, -0.25) is 9.59 Å². The van der Waals surface area contributed by atoms with E-state index in [-0.39, 0.29) is 11.4 Å². The third-order valence-corrected chi connectivity index (χ3v) is 4.77. The van der Waals surface area contributed by atoms with Crippen LogP contribution in [-0.4, -0.2) is 41.8 Å². The van der Waals surface area contributed by atoms with Gasteiger partial charge in [0.2, 0.25) is 9.04 Å². The Morgan fingerprint density at radius 3 is 2.19 bits per heavy atom. The maximum absolute atomic E-state index is 12.3. The number of methoxy groups -OCH3 is 2. The Kier molecular flexibility index (Phi) is 8.49. The fourth-order valence-electron chi connectivity index (χ4n) is 2.77. The summed E-state index contributed by atoms with van der Waals surface area (Å²) in [6.45, 7) is 11.9. The maximum atomic E-state index is 12.3. The van der Waals surface area contributed by atoms with E-state index in [9.17, 15) is 9.59 Å². The molecule has 1 rings (SSSR count). The molecule has 0 aliphatic carbocycles. The van der Waals surface area contributed by atoms with Gasteiger partial charge in [0, 0.05) is 13.5 Å². The van der Waals surface area contributed by atoms with Crippen molar-refractivity contribution in [3.8, 4) is 11.5 Å². The number of esters is 2. The lowest BCUT2D eigenvalue weighted by Gasteiger charge is -2.26. The molecule has 1 radical (unpaired) electrons. The lowest BCUT2D eigenvalue weighted by atomic mass is 9.81. The van der Waals surface area contributed by atoms with Crippen LogP contribution in [0, 0.1) is 5.92 Å². The van der Waals surface area contributed by atoms with Crippen LogP contribution in [-0.2, 0) is 30.6 Å². The molecule has 27 heavy (non-hydrogen) atoms. The molecule has 1 atom stereocenters. The van der Waals surface area contributed by atoms with Crippen molar-refractivity contribution >= 4 is 21.0 Å². The van der Waals surface area contributed by atoms with Gasteiger partial charge in [0.15, 0.2) is 11.5 Å². The first-order chi connectivity index (χ1) is 12.5. The molecule has 0 N–H and O–H groups in total. The number of carbonyl (C=O) groups excluding carboxylic acids is 2. The van der Waals surface area contributed by atoms with Crippen LogP contribution in [0.1, 0.15) is 38.8 Å². The van der Waals surface area contributed by atoms with Gasteiger partial charge in [-0.05, 0) is 48.2 Å². The van der Waals surface area contributed by atoms with E-state index in [1.54, 1.807) is 6.07 Å². The molecule has 0 spiro atoms. The molecule has 0 heterocycles. The summed E-state index contributed by atoms with van der Waals surface area (Å²) in [7, 11) is 1.98. The summed E-state index contributed by atoms with van der Waals surface area (Å²) >= 11 is 0. The Morgan fingerprint density at radius 1 is 1.11 bits per heavy atom. The second-order valence-electron chi connectivity index (χ2n) is 7.65. The van der Waals surface area contributed by atoms with Gasteiger partial charge in [-0.25, -0.2) is 0 Å². The predicted molar refractivity (Wildman–Crippen MR) is 106 cm³/mol. The zero-order valence-electron chi connectivity index (χ0n) is 17.6. The van der Waals surface area contributed by atoms with E-state index in [1.807, 2.05) is 19.2 Å². The van der Waals surface area contributed by atoms with Gasteiger partial charge in [0.1, 0.15) is 0 Å². The molecule has 151 valence electrons. The number of benzene rings is 1. The smallest absolute Gasteiger partial charge is 0.311 e. The summed E-state index contributed by atoms with van der Waals surface area (Å²) in [5, 5.41) is 0. The molecule has 0 amide bonds. The number of ether oxygens (including phenoxy) is 3. The van der Waals surface area contributed by atoms with Gasteiger partial charge in [-0.1, -0.05) is 20.8 Å². The highest BCUT2D eigenvalue weighted by atomic mass is 28.3. The van der Waals surface area contributed by atoms with Gasteiger partial charge < -0.3 is 18.6 Å². The van der Waals surface area contributed by atoms with Crippen LogP contribution in [0.15, 0.2) is 12.1 Å². The number of carbonyl (C=O) groups is 2. The van der Waals surface area contributed by atoms with Crippen LogP contribution < -0.4 is 9.47 Å². The van der Waals surface area contributed by atoms with E-state index >= 15 is 0 Å². The van der Waals surface area contributed by atoms with Crippen molar-refractivity contribution in [1.29, 1.82) is 0 Å². The lowest BCUT2D eigenvalue weighted by molar-refractivity contribution is -0.146. The van der Waals surface area contributed by atoms with Gasteiger partial charge >= 0.3 is 11.9 Å². The highest BCUT2D eigenvalue weighted by Crippen LogP contribution is 2.37. The molecule has 0 aromatic heterocycles. The van der Waals surface area contributed by atoms with E-state index in [2.05, 4.69) is 20.8 Å². The van der Waals surface area contributed by atoms with Crippen molar-refractivity contribution in [3.05, 3.63) is 23.3 Å². The second-order valence-corrected chi connectivity index (χ2v) is 9.75. The Hall–Kier alpha value is -1.86. The van der Waals surface area contributed by atoms with E-state index in [1.165, 1.54) is 21.1 Å². The average Bonchev–Trinajstić information content (AvgIpc) is 2.56. The summed E-state index contributed by atoms with van der Waals surface area (Å²) < 4.78 is 21.4. The Balaban J connectivity index is 3.38. The number of rotatable bonds is 8. The lowest BCUT2D eigenvalue weighted by Crippen LogP contribution is -2.28. The number of hydrogen-bond acceptors (Lipinski definition) is 6. The normalized spacial score (nSPS) is 12.6. The Labute approximate surface area is 163 Å². The van der Waals surface area contributed by atoms with Crippen molar-refractivity contribution in [1.82, 2.24) is 0 Å². The molecule has 0 saturated heterocycles. The van der Waals surface area contributed by atoms with Crippen LogP contribution in [0.4, 0.5) is 0 Å². The summed E-state index contributed by atoms with van der Waals surface area (Å²) in [6, 6.07) is 3.65. The molecule has 1 aromatic rings. The van der Waals surface area contributed by atoms with E-state index in [0.29, 0.717) is 24.5 Å². The summed E-state index contributed by atoms with van der Waals surface area (Å²) in [5.74, 6) is -0.358. The Bertz CT molecular complexity index is 663. The molecule has 1 unspecified atom stereocenters. The summed E-state index contributed by atoms with van der Waals surface area (Å²) in [4.78, 5) is 23.7. The molecule has 0 saturated carbocycles. The minimum atomic E-state index is -0.931. The van der Waals surface area contributed by atoms with Crippen molar-refractivity contribution in [2.24, 2.45) is 5.92 Å². The van der Waals surface area contributed by atoms with Crippen molar-refractivity contribution in [2.75, 3.05) is 20.8 Å². The Morgan fingerprint density at radius 2 is 1.74 bits per heavy atom. The maximum Gasteiger partial charge on any atom is 0.311 e. The minimum Gasteiger partial charge on any atom is -0.493 e. The third kappa shape index (κ3) is 6.99. The molecular weight excluding hydrogens is 364 g/mol. The molecular formula is C20H31O6Si. The zero-order valence-corrected chi connectivity index (χ0v) is 18.6. The van der Waals surface area contributed by atoms with Crippen molar-refractivity contribution < 1.29 is 28.2 Å². The molecule has 0 bridgehead atoms. The average molecular weight is 396 g/mol. The minimum absolute atomic E-state index is 0.191. The van der Waals surface area contributed by atoms with E-state index in [0.717, 1.165) is 11.1 Å². The molecule has 0 aliphatic heterocycles. The highest BCUT2D eigenvalue weighted by molar-refractivity contribution is 6.48. The first-order valence-corrected chi connectivity index (χ1v) is 11.3. The number of hydrogen-bond donors (Lipinski definition) is 0. The van der Waals surface area contributed by atoms with Crippen LogP contribution in [0.5, 0.6) is 11.5 Å². The quantitative estimate of drug-likeness (QED) is 0.381. The molecule has 1 aromatic carbocycles. The SMILES string of the molecule is COC(=O)C(CO[Si](C)C)Cc1cc(OC(C)=O)c(OC)cc1C(C)(C)C. The van der Waals surface area contributed by atoms with Crippen LogP contribution in [0.25, 0.3) is 0 Å². The monoisotopic (exact) mass is 395 g/mol. The second kappa shape index (κ2) is 9.89. The van der Waals surface area contributed by atoms with Crippen molar-refractivity contribution in [2.45, 2.75) is 52.6 Å². The van der Waals surface area contributed by atoms with Crippen LogP contribution in [0.2, 0.25) is 13.1 Å². The van der Waals surface area contributed by atoms with E-state index in [4.69, 9.17) is 18.6 Å². The van der Waals surface area contributed by atoms with Gasteiger partial charge in [0.25, 0.3) is 0 Å². The first-order valence-electron chi connectivity index (χ1n) is 8.90. The van der Waals surface area contributed by atoms with Gasteiger partial charge in [0.05, 0.1) is 20.1 Å². The van der Waals surface area contributed by atoms with E-state index < -0.39 is 20.9 Å². The molecule has 6 nitrogen and oxygen atoms in total. The van der Waals surface area contributed by atoms with Crippen LogP contribution in [0.3, 0.4) is 0 Å². The topological polar surface area (TPSA) is 71.1 Å². The third-order valence-electron chi connectivity index (χ3n) is 4.03. The molecule has 7 heteroatoms. The molecule has 0 aliphatic rings. The summed E-state index contributed by atoms with van der Waals surface area (Å²) in [6.07, 6.45) is 0.423. The zero-order chi connectivity index (χ0) is 20.8. The molecule has 0 fully saturated rings. The fraction of sp³-hybridized carbons (Fsp3) is 0.600. The van der Waals surface area contributed by atoms with Crippen LogP contribution >= 0.6 is 0 Å². The van der Waals surface area contributed by atoms with Gasteiger partial charge in [-0.15, -0.1) is 0 Å². The van der Waals surface area contributed by atoms with Gasteiger partial charge in [-0.2, -0.15) is 0 Å². The predicted octanol–water partition coefficient (Wildman–Crippen LogP) is 3.52. The first kappa shape index (κ1) is 23.2. The standard InChI is InChI=1S/C20H31O6Si/c1-13(21)26-18-10-14(16(20(2,3)4)11-17(18)23-5)9-15(19(22)24-6)12-25-27(7)8/h10-11,15H,9,12H2,1-8H3. The van der Waals surface area contributed by atoms with Crippen molar-refractivity contribution in [3.63, 3.8) is 0 Å².